The molecule has 2 N–H and O–H groups in total. The molecule has 0 aromatic carbocycles. The van der Waals surface area contributed by atoms with Crippen molar-refractivity contribution in [1.82, 2.24) is 9.97 Å². The highest BCUT2D eigenvalue weighted by molar-refractivity contribution is 5.32. The molecule has 1 aromatic rings. The molecule has 0 aliphatic heterocycles. The summed E-state index contributed by atoms with van der Waals surface area (Å²) in [6, 6.07) is 1.90. The molecule has 4 heteroatoms. The van der Waals surface area contributed by atoms with E-state index < -0.39 is 0 Å². The van der Waals surface area contributed by atoms with Crippen LogP contribution in [0.4, 0.5) is 5.82 Å². The molecule has 0 fully saturated rings. The first-order chi connectivity index (χ1) is 6.76. The zero-order valence-corrected chi connectivity index (χ0v) is 8.71. The second kappa shape index (κ2) is 5.42. The van der Waals surface area contributed by atoms with Crippen LogP contribution in [0.5, 0.6) is 0 Å². The van der Waals surface area contributed by atoms with E-state index in [1.807, 2.05) is 0 Å². The van der Waals surface area contributed by atoms with E-state index >= 15 is 0 Å². The predicted molar refractivity (Wildman–Crippen MR) is 57.5 cm³/mol. The van der Waals surface area contributed by atoms with Gasteiger partial charge in [0.25, 0.3) is 5.56 Å². The summed E-state index contributed by atoms with van der Waals surface area (Å²) in [4.78, 5) is 17.5. The van der Waals surface area contributed by atoms with Gasteiger partial charge >= 0.3 is 0 Å². The molecule has 0 aliphatic rings. The Morgan fingerprint density at radius 2 is 2.36 bits per heavy atom. The van der Waals surface area contributed by atoms with Gasteiger partial charge in [0, 0.05) is 12.1 Å². The maximum absolute atomic E-state index is 11.0. The van der Waals surface area contributed by atoms with Gasteiger partial charge in [-0.2, -0.15) is 0 Å². The largest absolute Gasteiger partial charge is 0.367 e. The zero-order chi connectivity index (χ0) is 10.4. The Balaban J connectivity index is 2.62. The van der Waals surface area contributed by atoms with Crippen LogP contribution in [0.25, 0.3) is 0 Å². The fraction of sp³-hybridized carbons (Fsp3) is 0.600. The van der Waals surface area contributed by atoms with Gasteiger partial charge in [0.15, 0.2) is 0 Å². The highest BCUT2D eigenvalue weighted by Gasteiger charge is 2.04. The van der Waals surface area contributed by atoms with E-state index in [9.17, 15) is 4.79 Å². The maximum atomic E-state index is 11.0. The van der Waals surface area contributed by atoms with Crippen molar-refractivity contribution in [2.75, 3.05) is 5.32 Å². The molecule has 4 nitrogen and oxygen atoms in total. The normalized spacial score (nSPS) is 12.4. The molecule has 0 bridgehead atoms. The monoisotopic (exact) mass is 195 g/mol. The fourth-order valence-electron chi connectivity index (χ4n) is 1.38. The summed E-state index contributed by atoms with van der Waals surface area (Å²) < 4.78 is 0. The minimum atomic E-state index is -0.117. The van der Waals surface area contributed by atoms with Crippen LogP contribution in [-0.4, -0.2) is 16.0 Å². The molecular weight excluding hydrogens is 178 g/mol. The van der Waals surface area contributed by atoms with Gasteiger partial charge in [-0.05, 0) is 12.8 Å². The first-order valence-electron chi connectivity index (χ1n) is 5.07. The molecular formula is C10H17N3O. The smallest absolute Gasteiger partial charge is 0.252 e. The van der Waals surface area contributed by atoms with Crippen LogP contribution in [0, 0.1) is 0 Å². The Morgan fingerprint density at radius 1 is 1.57 bits per heavy atom. The Morgan fingerprint density at radius 3 is 2.93 bits per heavy atom. The van der Waals surface area contributed by atoms with Gasteiger partial charge in [0.2, 0.25) is 0 Å². The maximum Gasteiger partial charge on any atom is 0.252 e. The van der Waals surface area contributed by atoms with Crippen LogP contribution in [0.2, 0.25) is 0 Å². The minimum absolute atomic E-state index is 0.117. The average molecular weight is 195 g/mol. The van der Waals surface area contributed by atoms with E-state index in [-0.39, 0.29) is 5.56 Å². The van der Waals surface area contributed by atoms with Gasteiger partial charge in [0.1, 0.15) is 5.82 Å². The second-order valence-electron chi connectivity index (χ2n) is 3.33. The van der Waals surface area contributed by atoms with Crippen LogP contribution in [0.15, 0.2) is 17.2 Å². The molecule has 0 aliphatic carbocycles. The predicted octanol–water partition coefficient (Wildman–Crippen LogP) is 1.76. The lowest BCUT2D eigenvalue weighted by Crippen LogP contribution is -2.20. The quantitative estimate of drug-likeness (QED) is 0.752. The molecule has 1 atom stereocenters. The fourth-order valence-corrected chi connectivity index (χ4v) is 1.38. The van der Waals surface area contributed by atoms with Crippen molar-refractivity contribution >= 4 is 5.82 Å². The first kappa shape index (κ1) is 10.8. The molecule has 0 saturated carbocycles. The summed E-state index contributed by atoms with van der Waals surface area (Å²) in [5.41, 5.74) is -0.117. The molecule has 0 spiro atoms. The molecule has 1 unspecified atom stereocenters. The lowest BCUT2D eigenvalue weighted by molar-refractivity contribution is 0.620. The highest BCUT2D eigenvalue weighted by atomic mass is 16.1. The lowest BCUT2D eigenvalue weighted by atomic mass is 10.1. The number of hydrogen-bond acceptors (Lipinski definition) is 3. The van der Waals surface area contributed by atoms with E-state index in [1.54, 1.807) is 0 Å². The summed E-state index contributed by atoms with van der Waals surface area (Å²) in [5, 5.41) is 3.24. The second-order valence-corrected chi connectivity index (χ2v) is 3.33. The SMILES string of the molecule is CCCC(CC)Nc1cc(=O)[nH]cn1. The molecule has 1 rings (SSSR count). The molecule has 14 heavy (non-hydrogen) atoms. The van der Waals surface area contributed by atoms with Crippen LogP contribution < -0.4 is 10.9 Å². The van der Waals surface area contributed by atoms with E-state index in [1.165, 1.54) is 12.4 Å². The molecule has 78 valence electrons. The van der Waals surface area contributed by atoms with Crippen molar-refractivity contribution in [3.05, 3.63) is 22.7 Å². The van der Waals surface area contributed by atoms with Gasteiger partial charge in [-0.25, -0.2) is 4.98 Å². The van der Waals surface area contributed by atoms with Crippen molar-refractivity contribution < 1.29 is 0 Å². The standard InChI is InChI=1S/C10H17N3O/c1-3-5-8(4-2)13-9-6-10(14)12-7-11-9/h6-8H,3-5H2,1-2H3,(H2,11,12,13,14). The van der Waals surface area contributed by atoms with Gasteiger partial charge in [0.05, 0.1) is 6.33 Å². The summed E-state index contributed by atoms with van der Waals surface area (Å²) in [6.45, 7) is 4.27. The lowest BCUT2D eigenvalue weighted by Gasteiger charge is -2.15. The van der Waals surface area contributed by atoms with Gasteiger partial charge in [-0.1, -0.05) is 20.3 Å². The molecule has 1 aromatic heterocycles. The van der Waals surface area contributed by atoms with Crippen LogP contribution in [0.1, 0.15) is 33.1 Å². The molecule has 1 heterocycles. The number of aromatic amines is 1. The van der Waals surface area contributed by atoms with E-state index in [4.69, 9.17) is 0 Å². The van der Waals surface area contributed by atoms with Crippen molar-refractivity contribution in [2.24, 2.45) is 0 Å². The van der Waals surface area contributed by atoms with Crippen molar-refractivity contribution in [3.63, 3.8) is 0 Å². The summed E-state index contributed by atoms with van der Waals surface area (Å²) in [5.74, 6) is 0.661. The van der Waals surface area contributed by atoms with Crippen LogP contribution >= 0.6 is 0 Å². The molecule has 0 amide bonds. The first-order valence-corrected chi connectivity index (χ1v) is 5.07. The number of nitrogens with zero attached hydrogens (tertiary/aromatic N) is 1. The molecule has 0 saturated heterocycles. The van der Waals surface area contributed by atoms with Crippen molar-refractivity contribution in [1.29, 1.82) is 0 Å². The van der Waals surface area contributed by atoms with E-state index in [0.717, 1.165) is 19.3 Å². The summed E-state index contributed by atoms with van der Waals surface area (Å²) in [7, 11) is 0. The highest BCUT2D eigenvalue weighted by Crippen LogP contribution is 2.07. The van der Waals surface area contributed by atoms with Gasteiger partial charge < -0.3 is 10.3 Å². The number of hydrogen-bond donors (Lipinski definition) is 2. The number of aromatic nitrogens is 2. The number of H-pyrrole nitrogens is 1. The Hall–Kier alpha value is -1.32. The third-order valence-electron chi connectivity index (χ3n) is 2.16. The van der Waals surface area contributed by atoms with Crippen molar-refractivity contribution in [3.8, 4) is 0 Å². The Kier molecular flexibility index (Phi) is 4.16. The number of nitrogens with one attached hydrogen (secondary N) is 2. The van der Waals surface area contributed by atoms with Crippen molar-refractivity contribution in [2.45, 2.75) is 39.2 Å². The Labute approximate surface area is 83.8 Å². The summed E-state index contributed by atoms with van der Waals surface area (Å²) >= 11 is 0. The topological polar surface area (TPSA) is 57.8 Å². The zero-order valence-electron chi connectivity index (χ0n) is 8.71. The third-order valence-corrected chi connectivity index (χ3v) is 2.16. The molecule has 0 radical (unpaired) electrons. The van der Waals surface area contributed by atoms with Crippen LogP contribution in [0.3, 0.4) is 0 Å². The van der Waals surface area contributed by atoms with Gasteiger partial charge in [-0.15, -0.1) is 0 Å². The minimum Gasteiger partial charge on any atom is -0.367 e. The van der Waals surface area contributed by atoms with E-state index in [2.05, 4.69) is 29.1 Å². The Bertz CT molecular complexity index is 321. The average Bonchev–Trinajstić information content (AvgIpc) is 2.17. The number of anilines is 1. The number of rotatable bonds is 5. The van der Waals surface area contributed by atoms with Crippen LogP contribution in [-0.2, 0) is 0 Å². The summed E-state index contributed by atoms with van der Waals surface area (Å²) in [6.07, 6.45) is 4.70. The van der Waals surface area contributed by atoms with E-state index in [0.29, 0.717) is 11.9 Å². The van der Waals surface area contributed by atoms with Gasteiger partial charge in [-0.3, -0.25) is 4.79 Å². The third kappa shape index (κ3) is 3.20.